The molecule has 1 aromatic rings. The number of unbranched alkanes of at least 4 members (excludes halogenated alkanes) is 1. The van der Waals surface area contributed by atoms with Gasteiger partial charge in [-0.2, -0.15) is 4.31 Å². The van der Waals surface area contributed by atoms with Gasteiger partial charge in [-0.15, -0.1) is 0 Å². The van der Waals surface area contributed by atoms with Crippen molar-refractivity contribution in [1.82, 2.24) is 14.3 Å². The van der Waals surface area contributed by atoms with E-state index in [2.05, 4.69) is 16.9 Å². The summed E-state index contributed by atoms with van der Waals surface area (Å²) in [6.45, 7) is 4.64. The number of aromatic amines is 1. The zero-order chi connectivity index (χ0) is 13.2. The molecule has 0 bridgehead atoms. The van der Waals surface area contributed by atoms with Gasteiger partial charge in [0, 0.05) is 19.0 Å². The summed E-state index contributed by atoms with van der Waals surface area (Å²) < 4.78 is 26.6. The first-order chi connectivity index (χ1) is 8.59. The van der Waals surface area contributed by atoms with Crippen molar-refractivity contribution < 1.29 is 8.42 Å². The number of imidazole rings is 1. The molecule has 0 atom stereocenters. The van der Waals surface area contributed by atoms with E-state index in [-0.39, 0.29) is 11.1 Å². The maximum Gasteiger partial charge on any atom is 0.260 e. The van der Waals surface area contributed by atoms with Crippen molar-refractivity contribution >= 4 is 10.0 Å². The van der Waals surface area contributed by atoms with Crippen molar-refractivity contribution in [3.05, 3.63) is 12.0 Å². The van der Waals surface area contributed by atoms with Crippen LogP contribution in [0.3, 0.4) is 0 Å². The van der Waals surface area contributed by atoms with Crippen LogP contribution in [0.4, 0.5) is 0 Å². The molecule has 0 aromatic carbocycles. The Morgan fingerprint density at radius 2 is 2.17 bits per heavy atom. The maximum absolute atomic E-state index is 12.5. The molecule has 1 heterocycles. The highest BCUT2D eigenvalue weighted by Gasteiger charge is 2.38. The highest BCUT2D eigenvalue weighted by atomic mass is 32.2. The number of nitrogens with zero attached hydrogens (tertiary/aromatic N) is 2. The minimum atomic E-state index is -3.38. The van der Waals surface area contributed by atoms with Gasteiger partial charge in [0.25, 0.3) is 10.0 Å². The Morgan fingerprint density at radius 1 is 1.44 bits per heavy atom. The highest BCUT2D eigenvalue weighted by molar-refractivity contribution is 7.89. The van der Waals surface area contributed by atoms with Gasteiger partial charge in [-0.25, -0.2) is 13.4 Å². The van der Waals surface area contributed by atoms with Crippen molar-refractivity contribution in [2.75, 3.05) is 6.54 Å². The molecule has 102 valence electrons. The lowest BCUT2D eigenvalue weighted by molar-refractivity contribution is 0.394. The van der Waals surface area contributed by atoms with E-state index in [9.17, 15) is 8.42 Å². The summed E-state index contributed by atoms with van der Waals surface area (Å²) in [5.41, 5.74) is 0. The lowest BCUT2D eigenvalue weighted by Crippen LogP contribution is -2.34. The summed E-state index contributed by atoms with van der Waals surface area (Å²) in [5.74, 6) is 0.722. The SMILES string of the molecule is CCCCN(C1CC1)S(=O)(=O)c1cnc(CC)[nH]1. The molecule has 0 amide bonds. The van der Waals surface area contributed by atoms with Crippen LogP contribution in [0.2, 0.25) is 0 Å². The molecule has 0 saturated heterocycles. The van der Waals surface area contributed by atoms with Crippen molar-refractivity contribution in [2.24, 2.45) is 0 Å². The van der Waals surface area contributed by atoms with Crippen molar-refractivity contribution in [2.45, 2.75) is 57.0 Å². The van der Waals surface area contributed by atoms with E-state index >= 15 is 0 Å². The first-order valence-corrected chi connectivity index (χ1v) is 8.09. The van der Waals surface area contributed by atoms with Crippen LogP contribution in [0.1, 0.15) is 45.4 Å². The molecule has 0 aliphatic heterocycles. The summed E-state index contributed by atoms with van der Waals surface area (Å²) in [6, 6.07) is 0.204. The molecule has 1 N–H and O–H groups in total. The number of hydrogen-bond acceptors (Lipinski definition) is 3. The quantitative estimate of drug-likeness (QED) is 0.824. The number of sulfonamides is 1. The van der Waals surface area contributed by atoms with Crippen molar-refractivity contribution in [3.63, 3.8) is 0 Å². The number of aryl methyl sites for hydroxylation is 1. The van der Waals surface area contributed by atoms with Crippen LogP contribution in [0.15, 0.2) is 11.2 Å². The van der Waals surface area contributed by atoms with Crippen molar-refractivity contribution in [3.8, 4) is 0 Å². The molecule has 0 spiro atoms. The summed E-state index contributed by atoms with van der Waals surface area (Å²) in [4.78, 5) is 6.98. The smallest absolute Gasteiger partial charge is 0.260 e. The normalized spacial score (nSPS) is 16.4. The van der Waals surface area contributed by atoms with Gasteiger partial charge < -0.3 is 4.98 Å². The first-order valence-electron chi connectivity index (χ1n) is 6.65. The molecule has 1 saturated carbocycles. The third-order valence-electron chi connectivity index (χ3n) is 3.21. The minimum absolute atomic E-state index is 0.204. The predicted molar refractivity (Wildman–Crippen MR) is 69.8 cm³/mol. The standard InChI is InChI=1S/C12H21N3O2S/c1-3-5-8-15(10-6-7-10)18(16,17)12-9-13-11(4-2)14-12/h9-10H,3-8H2,1-2H3,(H,13,14). The minimum Gasteiger partial charge on any atom is -0.332 e. The first kappa shape index (κ1) is 13.5. The fourth-order valence-corrected chi connectivity index (χ4v) is 3.61. The second-order valence-corrected chi connectivity index (χ2v) is 6.61. The summed E-state index contributed by atoms with van der Waals surface area (Å²) >= 11 is 0. The summed E-state index contributed by atoms with van der Waals surface area (Å²) in [7, 11) is -3.38. The van der Waals surface area contributed by atoms with Gasteiger partial charge in [-0.1, -0.05) is 20.3 Å². The van der Waals surface area contributed by atoms with Gasteiger partial charge in [0.1, 0.15) is 5.82 Å². The molecule has 1 fully saturated rings. The lowest BCUT2D eigenvalue weighted by atomic mass is 10.3. The molecule has 2 rings (SSSR count). The topological polar surface area (TPSA) is 66.1 Å². The summed E-state index contributed by atoms with van der Waals surface area (Å²) in [6.07, 6.45) is 6.03. The Morgan fingerprint density at radius 3 is 2.67 bits per heavy atom. The van der Waals surface area contributed by atoms with Gasteiger partial charge in [0.05, 0.1) is 6.20 Å². The predicted octanol–water partition coefficient (Wildman–Crippen LogP) is 1.93. The number of rotatable bonds is 7. The van der Waals surface area contributed by atoms with E-state index in [1.807, 2.05) is 6.92 Å². The molecular weight excluding hydrogens is 250 g/mol. The molecule has 0 radical (unpaired) electrons. The monoisotopic (exact) mass is 271 g/mol. The van der Waals surface area contributed by atoms with E-state index in [1.54, 1.807) is 4.31 Å². The van der Waals surface area contributed by atoms with Crippen LogP contribution in [0.25, 0.3) is 0 Å². The third kappa shape index (κ3) is 2.75. The third-order valence-corrected chi connectivity index (χ3v) is 5.07. The number of H-pyrrole nitrogens is 1. The van der Waals surface area contributed by atoms with Crippen LogP contribution in [-0.2, 0) is 16.4 Å². The van der Waals surface area contributed by atoms with E-state index in [1.165, 1.54) is 6.20 Å². The molecule has 6 heteroatoms. The Balaban J connectivity index is 2.21. The lowest BCUT2D eigenvalue weighted by Gasteiger charge is -2.20. The molecular formula is C12H21N3O2S. The Hall–Kier alpha value is -0.880. The highest BCUT2D eigenvalue weighted by Crippen LogP contribution is 2.31. The molecule has 18 heavy (non-hydrogen) atoms. The average Bonchev–Trinajstić information content (AvgIpc) is 3.05. The van der Waals surface area contributed by atoms with Crippen LogP contribution in [0, 0.1) is 0 Å². The Bertz CT molecular complexity index is 491. The maximum atomic E-state index is 12.5. The van der Waals surface area contributed by atoms with Crippen LogP contribution in [0.5, 0.6) is 0 Å². The Labute approximate surface area is 109 Å². The zero-order valence-corrected chi connectivity index (χ0v) is 11.8. The molecule has 1 aromatic heterocycles. The van der Waals surface area contributed by atoms with Gasteiger partial charge in [-0.05, 0) is 19.3 Å². The van der Waals surface area contributed by atoms with Gasteiger partial charge >= 0.3 is 0 Å². The van der Waals surface area contributed by atoms with E-state index in [0.29, 0.717) is 13.0 Å². The van der Waals surface area contributed by atoms with Crippen molar-refractivity contribution in [1.29, 1.82) is 0 Å². The van der Waals surface area contributed by atoms with E-state index < -0.39 is 10.0 Å². The zero-order valence-electron chi connectivity index (χ0n) is 11.0. The molecule has 1 aliphatic rings. The fraction of sp³-hybridized carbons (Fsp3) is 0.750. The van der Waals surface area contributed by atoms with E-state index in [0.717, 1.165) is 31.5 Å². The number of aromatic nitrogens is 2. The van der Waals surface area contributed by atoms with Gasteiger partial charge in [0.15, 0.2) is 5.03 Å². The second-order valence-electron chi connectivity index (χ2n) is 4.75. The fourth-order valence-electron chi connectivity index (χ4n) is 1.96. The summed E-state index contributed by atoms with van der Waals surface area (Å²) in [5, 5.41) is 0.238. The Kier molecular flexibility index (Phi) is 4.07. The number of hydrogen-bond donors (Lipinski definition) is 1. The van der Waals surface area contributed by atoms with Crippen LogP contribution < -0.4 is 0 Å². The largest absolute Gasteiger partial charge is 0.332 e. The molecule has 0 unspecified atom stereocenters. The van der Waals surface area contributed by atoms with Crippen LogP contribution >= 0.6 is 0 Å². The van der Waals surface area contributed by atoms with Gasteiger partial charge in [0.2, 0.25) is 0 Å². The molecule has 5 nitrogen and oxygen atoms in total. The van der Waals surface area contributed by atoms with Crippen LogP contribution in [-0.4, -0.2) is 35.3 Å². The van der Waals surface area contributed by atoms with E-state index in [4.69, 9.17) is 0 Å². The second kappa shape index (κ2) is 5.40. The molecule has 1 aliphatic carbocycles. The average molecular weight is 271 g/mol. The van der Waals surface area contributed by atoms with Gasteiger partial charge in [-0.3, -0.25) is 0 Å². The number of nitrogens with one attached hydrogen (secondary N) is 1.